The highest BCUT2D eigenvalue weighted by Gasteiger charge is 2.33. The van der Waals surface area contributed by atoms with E-state index in [2.05, 4.69) is 4.90 Å². The number of benzene rings is 2. The Morgan fingerprint density at radius 1 is 1.00 bits per heavy atom. The monoisotopic (exact) mass is 445 g/mol. The van der Waals surface area contributed by atoms with Crippen LogP contribution < -0.4 is 13.9 Å². The zero-order valence-electron chi connectivity index (χ0n) is 18.8. The molecular formula is C23H31N3O4S. The molecule has 1 aliphatic heterocycles. The van der Waals surface area contributed by atoms with Gasteiger partial charge in [0, 0.05) is 31.9 Å². The third kappa shape index (κ3) is 5.31. The van der Waals surface area contributed by atoms with E-state index in [1.54, 1.807) is 31.1 Å². The Morgan fingerprint density at radius 3 is 2.03 bits per heavy atom. The summed E-state index contributed by atoms with van der Waals surface area (Å²) < 4.78 is 31.7. The first-order chi connectivity index (χ1) is 14.6. The molecule has 0 bridgehead atoms. The number of piperazine rings is 1. The van der Waals surface area contributed by atoms with Crippen LogP contribution in [0.1, 0.15) is 18.1 Å². The molecule has 0 spiro atoms. The average Bonchev–Trinajstić information content (AvgIpc) is 2.72. The minimum Gasteiger partial charge on any atom is -0.497 e. The van der Waals surface area contributed by atoms with Gasteiger partial charge in [-0.1, -0.05) is 6.07 Å². The SMILES string of the molecule is COc1ccc(N2CCN(C(=O)[C@H](C)N(c3cc(C)cc(C)c3)S(C)(=O)=O)CC2)cc1. The summed E-state index contributed by atoms with van der Waals surface area (Å²) in [4.78, 5) is 17.2. The predicted octanol–water partition coefficient (Wildman–Crippen LogP) is 2.82. The molecule has 1 aliphatic rings. The molecule has 1 heterocycles. The van der Waals surface area contributed by atoms with Crippen molar-refractivity contribution in [2.24, 2.45) is 0 Å². The standard InChI is InChI=1S/C23H31N3O4S/c1-17-14-18(2)16-21(15-17)26(31(5,28)29)19(3)23(27)25-12-10-24(11-13-25)20-6-8-22(30-4)9-7-20/h6-9,14-16,19H,10-13H2,1-5H3/t19-/m0/s1. The van der Waals surface area contributed by atoms with Gasteiger partial charge in [0.1, 0.15) is 11.8 Å². The minimum absolute atomic E-state index is 0.182. The van der Waals surface area contributed by atoms with Crippen molar-refractivity contribution in [2.75, 3.05) is 48.7 Å². The van der Waals surface area contributed by atoms with Gasteiger partial charge in [0.25, 0.3) is 0 Å². The van der Waals surface area contributed by atoms with E-state index in [1.807, 2.05) is 44.2 Å². The molecule has 0 aromatic heterocycles. The van der Waals surface area contributed by atoms with E-state index in [-0.39, 0.29) is 5.91 Å². The second kappa shape index (κ2) is 9.18. The molecule has 1 amide bonds. The maximum Gasteiger partial charge on any atom is 0.246 e. The molecule has 2 aromatic carbocycles. The number of methoxy groups -OCH3 is 1. The summed E-state index contributed by atoms with van der Waals surface area (Å²) in [7, 11) is -1.99. The smallest absolute Gasteiger partial charge is 0.246 e. The number of carbonyl (C=O) groups is 1. The zero-order chi connectivity index (χ0) is 22.8. The van der Waals surface area contributed by atoms with E-state index < -0.39 is 16.1 Å². The number of rotatable bonds is 6. The summed E-state index contributed by atoms with van der Waals surface area (Å²) in [6.07, 6.45) is 1.15. The number of ether oxygens (including phenoxy) is 1. The Balaban J connectivity index is 1.73. The first-order valence-corrected chi connectivity index (χ1v) is 12.2. The second-order valence-corrected chi connectivity index (χ2v) is 9.95. The van der Waals surface area contributed by atoms with Crippen LogP contribution in [0.5, 0.6) is 5.75 Å². The van der Waals surface area contributed by atoms with E-state index in [0.29, 0.717) is 31.9 Å². The van der Waals surface area contributed by atoms with Crippen LogP contribution in [-0.2, 0) is 14.8 Å². The van der Waals surface area contributed by atoms with E-state index in [9.17, 15) is 13.2 Å². The topological polar surface area (TPSA) is 70.2 Å². The Kier molecular flexibility index (Phi) is 6.79. The normalized spacial score (nSPS) is 15.5. The molecule has 7 nitrogen and oxygen atoms in total. The van der Waals surface area contributed by atoms with E-state index in [1.165, 1.54) is 4.31 Å². The molecule has 3 rings (SSSR count). The van der Waals surface area contributed by atoms with Gasteiger partial charge in [0.05, 0.1) is 19.1 Å². The molecule has 8 heteroatoms. The zero-order valence-corrected chi connectivity index (χ0v) is 19.6. The average molecular weight is 446 g/mol. The van der Waals surface area contributed by atoms with Crippen LogP contribution >= 0.6 is 0 Å². The van der Waals surface area contributed by atoms with Crippen molar-refractivity contribution in [1.29, 1.82) is 0 Å². The first-order valence-electron chi connectivity index (χ1n) is 10.4. The molecule has 1 fully saturated rings. The van der Waals surface area contributed by atoms with E-state index in [0.717, 1.165) is 28.8 Å². The highest BCUT2D eigenvalue weighted by atomic mass is 32.2. The number of hydrogen-bond donors (Lipinski definition) is 0. The Bertz CT molecular complexity index is 1010. The Hall–Kier alpha value is -2.74. The van der Waals surface area contributed by atoms with Crippen LogP contribution in [0.2, 0.25) is 0 Å². The highest BCUT2D eigenvalue weighted by molar-refractivity contribution is 7.92. The van der Waals surface area contributed by atoms with Gasteiger partial charge in [-0.3, -0.25) is 9.10 Å². The van der Waals surface area contributed by atoms with Gasteiger partial charge in [0.2, 0.25) is 15.9 Å². The molecule has 0 aliphatic carbocycles. The molecule has 1 saturated heterocycles. The number of aryl methyl sites for hydroxylation is 2. The molecule has 168 valence electrons. The number of amides is 1. The number of sulfonamides is 1. The fourth-order valence-corrected chi connectivity index (χ4v) is 5.28. The van der Waals surface area contributed by atoms with Crippen LogP contribution in [0.3, 0.4) is 0 Å². The lowest BCUT2D eigenvalue weighted by atomic mass is 10.1. The van der Waals surface area contributed by atoms with Gasteiger partial charge in [-0.25, -0.2) is 8.42 Å². The van der Waals surface area contributed by atoms with Crippen LogP contribution in [0.4, 0.5) is 11.4 Å². The number of hydrogen-bond acceptors (Lipinski definition) is 5. The van der Waals surface area contributed by atoms with Crippen LogP contribution in [0, 0.1) is 13.8 Å². The van der Waals surface area contributed by atoms with Gasteiger partial charge in [-0.2, -0.15) is 0 Å². The molecule has 0 N–H and O–H groups in total. The first kappa shape index (κ1) is 22.9. The van der Waals surface area contributed by atoms with E-state index >= 15 is 0 Å². The van der Waals surface area contributed by atoms with Gasteiger partial charge >= 0.3 is 0 Å². The highest BCUT2D eigenvalue weighted by Crippen LogP contribution is 2.25. The quantitative estimate of drug-likeness (QED) is 0.684. The van der Waals surface area contributed by atoms with Crippen molar-refractivity contribution in [1.82, 2.24) is 4.90 Å². The van der Waals surface area contributed by atoms with Crippen molar-refractivity contribution in [3.8, 4) is 5.75 Å². The third-order valence-corrected chi connectivity index (χ3v) is 6.80. The van der Waals surface area contributed by atoms with Crippen LogP contribution in [0.15, 0.2) is 42.5 Å². The second-order valence-electron chi connectivity index (χ2n) is 8.09. The fraction of sp³-hybridized carbons (Fsp3) is 0.435. The van der Waals surface area contributed by atoms with Crippen LogP contribution in [-0.4, -0.2) is 64.8 Å². The molecule has 1 atom stereocenters. The molecule has 31 heavy (non-hydrogen) atoms. The van der Waals surface area contributed by atoms with Crippen LogP contribution in [0.25, 0.3) is 0 Å². The molecular weight excluding hydrogens is 414 g/mol. The number of anilines is 2. The van der Waals surface area contributed by atoms with Gasteiger partial charge in [-0.05, 0) is 68.3 Å². The summed E-state index contributed by atoms with van der Waals surface area (Å²) in [6.45, 7) is 7.96. The maximum absolute atomic E-state index is 13.2. The van der Waals surface area contributed by atoms with Crippen molar-refractivity contribution >= 4 is 27.3 Å². The maximum atomic E-state index is 13.2. The summed E-state index contributed by atoms with van der Waals surface area (Å²) in [5.74, 6) is 0.623. The summed E-state index contributed by atoms with van der Waals surface area (Å²) in [5.41, 5.74) is 3.51. The van der Waals surface area contributed by atoms with Crippen molar-refractivity contribution < 1.29 is 17.9 Å². The van der Waals surface area contributed by atoms with Crippen molar-refractivity contribution in [3.05, 3.63) is 53.6 Å². The lowest BCUT2D eigenvalue weighted by Gasteiger charge is -2.39. The van der Waals surface area contributed by atoms with Crippen molar-refractivity contribution in [2.45, 2.75) is 26.8 Å². The van der Waals surface area contributed by atoms with E-state index in [4.69, 9.17) is 4.74 Å². The largest absolute Gasteiger partial charge is 0.497 e. The molecule has 2 aromatic rings. The summed E-state index contributed by atoms with van der Waals surface area (Å²) in [5, 5.41) is 0. The summed E-state index contributed by atoms with van der Waals surface area (Å²) >= 11 is 0. The molecule has 0 unspecified atom stereocenters. The molecule has 0 radical (unpaired) electrons. The molecule has 0 saturated carbocycles. The Labute approximate surface area is 185 Å². The van der Waals surface area contributed by atoms with Gasteiger partial charge < -0.3 is 14.5 Å². The Morgan fingerprint density at radius 2 is 1.55 bits per heavy atom. The lowest BCUT2D eigenvalue weighted by Crippen LogP contribution is -2.55. The number of nitrogens with zero attached hydrogens (tertiary/aromatic N) is 3. The van der Waals surface area contributed by atoms with Crippen molar-refractivity contribution in [3.63, 3.8) is 0 Å². The predicted molar refractivity (Wildman–Crippen MR) is 124 cm³/mol. The fourth-order valence-electron chi connectivity index (χ4n) is 4.12. The number of carbonyl (C=O) groups excluding carboxylic acids is 1. The van der Waals surface area contributed by atoms with Gasteiger partial charge in [-0.15, -0.1) is 0 Å². The third-order valence-electron chi connectivity index (χ3n) is 5.56. The summed E-state index contributed by atoms with van der Waals surface area (Å²) in [6, 6.07) is 12.6. The lowest BCUT2D eigenvalue weighted by molar-refractivity contribution is -0.132. The minimum atomic E-state index is -3.63. The van der Waals surface area contributed by atoms with Gasteiger partial charge in [0.15, 0.2) is 0 Å².